The molecule has 0 saturated carbocycles. The number of carbonyl (C=O) groups excluding carboxylic acids is 1. The van der Waals surface area contributed by atoms with E-state index in [9.17, 15) is 4.79 Å². The largest absolute Gasteiger partial charge is 0.488 e. The van der Waals surface area contributed by atoms with Gasteiger partial charge in [0.25, 0.3) is 0 Å². The van der Waals surface area contributed by atoms with Gasteiger partial charge in [0.05, 0.1) is 0 Å². The second kappa shape index (κ2) is 3.46. The Morgan fingerprint density at radius 2 is 2.19 bits per heavy atom. The first-order valence-corrected chi connectivity index (χ1v) is 6.02. The number of hydrogen-bond donors (Lipinski definition) is 0. The number of benzene rings is 1. The molecule has 1 aromatic carbocycles. The number of carbonyl (C=O) groups is 1. The predicted molar refractivity (Wildman–Crippen MR) is 64.2 cm³/mol. The summed E-state index contributed by atoms with van der Waals surface area (Å²) in [6.45, 7) is 2.56. The van der Waals surface area contributed by atoms with Crippen LogP contribution in [0.2, 0.25) is 0 Å². The molecule has 0 atom stereocenters. The first-order valence-electron chi connectivity index (χ1n) is 5.07. The molecule has 0 aliphatic carbocycles. The van der Waals surface area contributed by atoms with Gasteiger partial charge in [0.1, 0.15) is 18.6 Å². The van der Waals surface area contributed by atoms with Crippen LogP contribution in [0.4, 0.5) is 0 Å². The van der Waals surface area contributed by atoms with Crippen LogP contribution < -0.4 is 4.74 Å². The summed E-state index contributed by atoms with van der Waals surface area (Å²) >= 11 is 1.67. The first-order chi connectivity index (χ1) is 7.79. The highest BCUT2D eigenvalue weighted by molar-refractivity contribution is 7.08. The Balaban J connectivity index is 2.27. The van der Waals surface area contributed by atoms with Crippen LogP contribution in [0.3, 0.4) is 0 Å². The summed E-state index contributed by atoms with van der Waals surface area (Å²) < 4.78 is 5.68. The molecule has 0 spiro atoms. The lowest BCUT2D eigenvalue weighted by molar-refractivity contribution is 0.112. The average molecular weight is 230 g/mol. The maximum absolute atomic E-state index is 10.9. The number of hydrogen-bond acceptors (Lipinski definition) is 3. The molecule has 0 bridgehead atoms. The van der Waals surface area contributed by atoms with Crippen molar-refractivity contribution in [1.29, 1.82) is 0 Å². The lowest BCUT2D eigenvalue weighted by atomic mass is 9.97. The van der Waals surface area contributed by atoms with Crippen molar-refractivity contribution in [2.45, 2.75) is 13.5 Å². The zero-order valence-electron chi connectivity index (χ0n) is 8.82. The van der Waals surface area contributed by atoms with E-state index in [1.807, 2.05) is 19.1 Å². The monoisotopic (exact) mass is 230 g/mol. The molecule has 1 aliphatic rings. The number of rotatable bonds is 1. The quantitative estimate of drug-likeness (QED) is 0.701. The van der Waals surface area contributed by atoms with E-state index in [1.165, 1.54) is 11.1 Å². The van der Waals surface area contributed by atoms with Crippen molar-refractivity contribution in [2.75, 3.05) is 0 Å². The van der Waals surface area contributed by atoms with Gasteiger partial charge in [-0.2, -0.15) is 11.3 Å². The fourth-order valence-corrected chi connectivity index (χ4v) is 2.82. The number of fused-ring (bicyclic) bond motifs is 3. The molecule has 0 N–H and O–H groups in total. The fourth-order valence-electron chi connectivity index (χ4n) is 1.98. The average Bonchev–Trinajstić information content (AvgIpc) is 2.76. The minimum absolute atomic E-state index is 0.631. The molecular formula is C13H10O2S. The van der Waals surface area contributed by atoms with Crippen LogP contribution in [-0.2, 0) is 6.61 Å². The predicted octanol–water partition coefficient (Wildman–Crippen LogP) is 3.43. The Morgan fingerprint density at radius 1 is 1.31 bits per heavy atom. The van der Waals surface area contributed by atoms with Crippen molar-refractivity contribution in [3.05, 3.63) is 39.6 Å². The molecule has 3 rings (SSSR count). The first kappa shape index (κ1) is 9.60. The van der Waals surface area contributed by atoms with Crippen LogP contribution in [0.25, 0.3) is 11.1 Å². The van der Waals surface area contributed by atoms with Crippen molar-refractivity contribution in [3.8, 4) is 16.9 Å². The van der Waals surface area contributed by atoms with Crippen molar-refractivity contribution in [3.63, 3.8) is 0 Å². The van der Waals surface area contributed by atoms with Crippen LogP contribution in [0.1, 0.15) is 21.5 Å². The van der Waals surface area contributed by atoms with E-state index in [0.29, 0.717) is 6.61 Å². The minimum Gasteiger partial charge on any atom is -0.488 e. The summed E-state index contributed by atoms with van der Waals surface area (Å²) in [5.41, 5.74) is 5.15. The minimum atomic E-state index is 0.631. The third-order valence-electron chi connectivity index (χ3n) is 2.91. The van der Waals surface area contributed by atoms with Crippen molar-refractivity contribution >= 4 is 17.6 Å². The number of ether oxygens (including phenoxy) is 1. The molecule has 0 radical (unpaired) electrons. The highest BCUT2D eigenvalue weighted by Gasteiger charge is 2.19. The Labute approximate surface area is 97.5 Å². The van der Waals surface area contributed by atoms with E-state index in [-0.39, 0.29) is 0 Å². The Hall–Kier alpha value is -1.61. The smallest absolute Gasteiger partial charge is 0.150 e. The third kappa shape index (κ3) is 1.28. The van der Waals surface area contributed by atoms with Gasteiger partial charge in [-0.15, -0.1) is 0 Å². The lowest BCUT2D eigenvalue weighted by Crippen LogP contribution is -2.04. The number of aryl methyl sites for hydroxylation is 1. The van der Waals surface area contributed by atoms with Gasteiger partial charge in [-0.25, -0.2) is 0 Å². The molecule has 0 amide bonds. The summed E-state index contributed by atoms with van der Waals surface area (Å²) in [5, 5.41) is 4.21. The summed E-state index contributed by atoms with van der Waals surface area (Å²) in [6, 6.07) is 3.86. The van der Waals surface area contributed by atoms with Crippen LogP contribution in [-0.4, -0.2) is 6.29 Å². The van der Waals surface area contributed by atoms with E-state index in [0.717, 1.165) is 28.7 Å². The molecule has 0 fully saturated rings. The van der Waals surface area contributed by atoms with Gasteiger partial charge in [0.15, 0.2) is 0 Å². The SMILES string of the molecule is Cc1cc2c(cc1C=O)-c1cscc1CO2. The molecule has 2 nitrogen and oxygen atoms in total. The van der Waals surface area contributed by atoms with Gasteiger partial charge < -0.3 is 4.74 Å². The van der Waals surface area contributed by atoms with Gasteiger partial charge >= 0.3 is 0 Å². The van der Waals surface area contributed by atoms with Crippen molar-refractivity contribution in [2.24, 2.45) is 0 Å². The number of aldehydes is 1. The normalized spacial score (nSPS) is 12.6. The van der Waals surface area contributed by atoms with Crippen LogP contribution in [0.15, 0.2) is 22.9 Å². The van der Waals surface area contributed by atoms with Gasteiger partial charge in [-0.1, -0.05) is 0 Å². The zero-order chi connectivity index (χ0) is 11.1. The second-order valence-electron chi connectivity index (χ2n) is 3.92. The Morgan fingerprint density at radius 3 is 3.00 bits per heavy atom. The number of thiophene rings is 1. The van der Waals surface area contributed by atoms with Gasteiger partial charge in [0, 0.05) is 22.3 Å². The molecule has 1 aromatic heterocycles. The summed E-state index contributed by atoms with van der Waals surface area (Å²) in [4.78, 5) is 10.9. The molecule has 3 heteroatoms. The molecule has 80 valence electrons. The molecular weight excluding hydrogens is 220 g/mol. The van der Waals surface area contributed by atoms with Gasteiger partial charge in [0.2, 0.25) is 0 Å². The zero-order valence-corrected chi connectivity index (χ0v) is 9.64. The topological polar surface area (TPSA) is 26.3 Å². The van der Waals surface area contributed by atoms with Crippen LogP contribution in [0.5, 0.6) is 5.75 Å². The lowest BCUT2D eigenvalue weighted by Gasteiger charge is -2.19. The van der Waals surface area contributed by atoms with Crippen molar-refractivity contribution in [1.82, 2.24) is 0 Å². The molecule has 0 unspecified atom stereocenters. The van der Waals surface area contributed by atoms with Crippen LogP contribution in [0, 0.1) is 6.92 Å². The molecule has 2 heterocycles. The molecule has 2 aromatic rings. The highest BCUT2D eigenvalue weighted by Crippen LogP contribution is 2.40. The van der Waals surface area contributed by atoms with Gasteiger partial charge in [-0.05, 0) is 35.4 Å². The van der Waals surface area contributed by atoms with Crippen molar-refractivity contribution < 1.29 is 9.53 Å². The Bertz CT molecular complexity index is 569. The van der Waals surface area contributed by atoms with E-state index < -0.39 is 0 Å². The summed E-state index contributed by atoms with van der Waals surface area (Å²) in [7, 11) is 0. The van der Waals surface area contributed by atoms with Gasteiger partial charge in [-0.3, -0.25) is 4.79 Å². The van der Waals surface area contributed by atoms with E-state index in [4.69, 9.17) is 4.74 Å². The standard InChI is InChI=1S/C13H10O2S/c1-8-2-13-11(3-9(8)4-14)12-7-16-6-10(12)5-15-13/h2-4,6-7H,5H2,1H3. The highest BCUT2D eigenvalue weighted by atomic mass is 32.1. The van der Waals surface area contributed by atoms with Crippen LogP contribution >= 0.6 is 11.3 Å². The van der Waals surface area contributed by atoms with E-state index in [1.54, 1.807) is 11.3 Å². The Kier molecular flexibility index (Phi) is 2.07. The summed E-state index contributed by atoms with van der Waals surface area (Å²) in [6.07, 6.45) is 0.899. The molecule has 16 heavy (non-hydrogen) atoms. The van der Waals surface area contributed by atoms with E-state index >= 15 is 0 Å². The maximum Gasteiger partial charge on any atom is 0.150 e. The molecule has 0 saturated heterocycles. The third-order valence-corrected chi connectivity index (χ3v) is 3.70. The summed E-state index contributed by atoms with van der Waals surface area (Å²) in [5.74, 6) is 0.883. The second-order valence-corrected chi connectivity index (χ2v) is 4.67. The molecule has 1 aliphatic heterocycles. The maximum atomic E-state index is 10.9. The van der Waals surface area contributed by atoms with E-state index in [2.05, 4.69) is 10.8 Å². The fraction of sp³-hybridized carbons (Fsp3) is 0.154.